The maximum atomic E-state index is 13.0. The zero-order valence-electron chi connectivity index (χ0n) is 16.9. The van der Waals surface area contributed by atoms with Crippen LogP contribution in [-0.2, 0) is 16.0 Å². The Kier molecular flexibility index (Phi) is 6.26. The van der Waals surface area contributed by atoms with Crippen molar-refractivity contribution < 1.29 is 18.7 Å². The van der Waals surface area contributed by atoms with E-state index in [0.29, 0.717) is 24.7 Å². The highest BCUT2D eigenvalue weighted by molar-refractivity contribution is 5.92. The second-order valence-electron chi connectivity index (χ2n) is 8.00. The van der Waals surface area contributed by atoms with Gasteiger partial charge in [-0.3, -0.25) is 9.59 Å². The van der Waals surface area contributed by atoms with E-state index in [1.165, 1.54) is 12.1 Å². The van der Waals surface area contributed by atoms with Gasteiger partial charge >= 0.3 is 0 Å². The minimum Gasteiger partial charge on any atom is -0.474 e. The molecule has 2 amide bonds. The number of pyridine rings is 1. The molecule has 2 aromatic rings. The number of carbonyl (C=O) groups is 2. The Morgan fingerprint density at radius 3 is 2.40 bits per heavy atom. The summed E-state index contributed by atoms with van der Waals surface area (Å²) in [6, 6.07) is 9.61. The van der Waals surface area contributed by atoms with Gasteiger partial charge in [-0.15, -0.1) is 0 Å². The molecule has 0 bridgehead atoms. The van der Waals surface area contributed by atoms with E-state index in [9.17, 15) is 14.0 Å². The molecule has 1 aliphatic heterocycles. The molecule has 1 N–H and O–H groups in total. The van der Waals surface area contributed by atoms with Crippen molar-refractivity contribution in [3.8, 4) is 5.88 Å². The maximum Gasteiger partial charge on any atom is 0.227 e. The fourth-order valence-electron chi connectivity index (χ4n) is 3.72. The van der Waals surface area contributed by atoms with Crippen LogP contribution in [0.3, 0.4) is 0 Å². The molecule has 2 heterocycles. The third-order valence-electron chi connectivity index (χ3n) is 5.83. The van der Waals surface area contributed by atoms with Crippen molar-refractivity contribution in [1.82, 2.24) is 9.88 Å². The van der Waals surface area contributed by atoms with Gasteiger partial charge in [-0.25, -0.2) is 9.37 Å². The van der Waals surface area contributed by atoms with Crippen molar-refractivity contribution in [3.05, 3.63) is 54.0 Å². The summed E-state index contributed by atoms with van der Waals surface area (Å²) in [7, 11) is 0. The Bertz CT molecular complexity index is 874. The van der Waals surface area contributed by atoms with Crippen molar-refractivity contribution in [2.24, 2.45) is 5.92 Å². The maximum absolute atomic E-state index is 13.0. The number of ether oxygens (including phenoxy) is 1. The predicted molar refractivity (Wildman–Crippen MR) is 111 cm³/mol. The van der Waals surface area contributed by atoms with Crippen LogP contribution in [0.15, 0.2) is 42.6 Å². The van der Waals surface area contributed by atoms with Gasteiger partial charge in [-0.05, 0) is 36.6 Å². The van der Waals surface area contributed by atoms with Gasteiger partial charge in [-0.1, -0.05) is 18.6 Å². The summed E-state index contributed by atoms with van der Waals surface area (Å²) in [4.78, 5) is 30.6. The van der Waals surface area contributed by atoms with Crippen LogP contribution in [0, 0.1) is 11.7 Å². The molecule has 0 spiro atoms. The van der Waals surface area contributed by atoms with Crippen LogP contribution in [0.25, 0.3) is 0 Å². The van der Waals surface area contributed by atoms with Crippen LogP contribution in [-0.4, -0.2) is 40.9 Å². The molecule has 1 aromatic heterocycles. The SMILES string of the molecule is O=C(Nc1ccc(OC2CCN(C(=O)Cc3ccc(F)cc3)CC2)nc1)C1CCC1. The van der Waals surface area contributed by atoms with Crippen molar-refractivity contribution >= 4 is 17.5 Å². The van der Waals surface area contributed by atoms with Crippen molar-refractivity contribution in [2.75, 3.05) is 18.4 Å². The normalized spacial score (nSPS) is 17.3. The lowest BCUT2D eigenvalue weighted by atomic mass is 9.85. The zero-order valence-corrected chi connectivity index (χ0v) is 16.9. The first-order chi connectivity index (χ1) is 14.6. The Morgan fingerprint density at radius 1 is 1.07 bits per heavy atom. The number of hydrogen-bond donors (Lipinski definition) is 1. The Labute approximate surface area is 175 Å². The molecule has 0 atom stereocenters. The van der Waals surface area contributed by atoms with Crippen LogP contribution >= 0.6 is 0 Å². The molecule has 1 aromatic carbocycles. The lowest BCUT2D eigenvalue weighted by molar-refractivity contribution is -0.132. The number of piperidine rings is 1. The molecule has 7 heteroatoms. The number of amides is 2. The van der Waals surface area contributed by atoms with E-state index in [-0.39, 0.29) is 36.1 Å². The van der Waals surface area contributed by atoms with Crippen LogP contribution in [0.4, 0.5) is 10.1 Å². The van der Waals surface area contributed by atoms with Crippen LogP contribution in [0.1, 0.15) is 37.7 Å². The van der Waals surface area contributed by atoms with Crippen molar-refractivity contribution in [3.63, 3.8) is 0 Å². The average Bonchev–Trinajstić information content (AvgIpc) is 2.70. The zero-order chi connectivity index (χ0) is 20.9. The summed E-state index contributed by atoms with van der Waals surface area (Å²) < 4.78 is 18.9. The largest absolute Gasteiger partial charge is 0.474 e. The minimum absolute atomic E-state index is 0.00258. The third-order valence-corrected chi connectivity index (χ3v) is 5.83. The molecule has 1 aliphatic carbocycles. The quantitative estimate of drug-likeness (QED) is 0.789. The van der Waals surface area contributed by atoms with Crippen LogP contribution in [0.5, 0.6) is 5.88 Å². The van der Waals surface area contributed by atoms with E-state index in [2.05, 4.69) is 10.3 Å². The smallest absolute Gasteiger partial charge is 0.227 e. The molecular formula is C23H26FN3O3. The monoisotopic (exact) mass is 411 g/mol. The first-order valence-electron chi connectivity index (χ1n) is 10.5. The van der Waals surface area contributed by atoms with Crippen molar-refractivity contribution in [2.45, 2.75) is 44.6 Å². The fraction of sp³-hybridized carbons (Fsp3) is 0.435. The fourth-order valence-corrected chi connectivity index (χ4v) is 3.72. The number of carbonyl (C=O) groups excluding carboxylic acids is 2. The molecule has 1 saturated carbocycles. The van der Waals surface area contributed by atoms with Gasteiger partial charge < -0.3 is 15.0 Å². The first kappa shape index (κ1) is 20.3. The number of halogens is 1. The first-order valence-corrected chi connectivity index (χ1v) is 10.5. The lowest BCUT2D eigenvalue weighted by Crippen LogP contribution is -2.42. The van der Waals surface area contributed by atoms with Gasteiger partial charge in [0.25, 0.3) is 0 Å². The van der Waals surface area contributed by atoms with E-state index in [4.69, 9.17) is 4.74 Å². The van der Waals surface area contributed by atoms with Gasteiger partial charge in [-0.2, -0.15) is 0 Å². The summed E-state index contributed by atoms with van der Waals surface area (Å²) in [6.07, 6.45) is 6.42. The molecule has 2 aliphatic rings. The van der Waals surface area contributed by atoms with Gasteiger partial charge in [0.1, 0.15) is 11.9 Å². The molecule has 158 valence electrons. The van der Waals surface area contributed by atoms with E-state index in [1.807, 2.05) is 4.90 Å². The van der Waals surface area contributed by atoms with Gasteiger partial charge in [0, 0.05) is 37.9 Å². The molecule has 2 fully saturated rings. The lowest BCUT2D eigenvalue weighted by Gasteiger charge is -2.32. The van der Waals surface area contributed by atoms with Crippen molar-refractivity contribution in [1.29, 1.82) is 0 Å². The Hall–Kier alpha value is -2.96. The van der Waals surface area contributed by atoms with Gasteiger partial charge in [0.05, 0.1) is 18.3 Å². The average molecular weight is 411 g/mol. The summed E-state index contributed by atoms with van der Waals surface area (Å²) in [5.41, 5.74) is 1.49. The van der Waals surface area contributed by atoms with Crippen LogP contribution in [0.2, 0.25) is 0 Å². The van der Waals surface area contributed by atoms with E-state index < -0.39 is 0 Å². The second kappa shape index (κ2) is 9.24. The van der Waals surface area contributed by atoms with Gasteiger partial charge in [0.2, 0.25) is 17.7 Å². The molecule has 1 saturated heterocycles. The second-order valence-corrected chi connectivity index (χ2v) is 8.00. The highest BCUT2D eigenvalue weighted by atomic mass is 19.1. The topological polar surface area (TPSA) is 71.5 Å². The number of anilines is 1. The standard InChI is InChI=1S/C23H26FN3O3/c24-18-6-4-16(5-7-18)14-22(28)27-12-10-20(11-13-27)30-21-9-8-19(15-25-21)26-23(29)17-2-1-3-17/h4-9,15,17,20H,1-3,10-14H2,(H,26,29). The van der Waals surface area contributed by atoms with E-state index >= 15 is 0 Å². The minimum atomic E-state index is -0.299. The summed E-state index contributed by atoms with van der Waals surface area (Å²) in [6.45, 7) is 1.25. The van der Waals surface area contributed by atoms with Crippen LogP contribution < -0.4 is 10.1 Å². The molecular weight excluding hydrogens is 385 g/mol. The van der Waals surface area contributed by atoms with E-state index in [1.54, 1.807) is 30.5 Å². The highest BCUT2D eigenvalue weighted by Crippen LogP contribution is 2.27. The Morgan fingerprint density at radius 2 is 1.80 bits per heavy atom. The number of aromatic nitrogens is 1. The summed E-state index contributed by atoms with van der Waals surface area (Å²) >= 11 is 0. The van der Waals surface area contributed by atoms with E-state index in [0.717, 1.165) is 37.7 Å². The number of nitrogens with one attached hydrogen (secondary N) is 1. The Balaban J connectivity index is 1.22. The number of likely N-dealkylation sites (tertiary alicyclic amines) is 1. The molecule has 4 rings (SSSR count). The van der Waals surface area contributed by atoms with Gasteiger partial charge in [0.15, 0.2) is 0 Å². The third kappa shape index (κ3) is 5.14. The number of rotatable bonds is 6. The molecule has 30 heavy (non-hydrogen) atoms. The highest BCUT2D eigenvalue weighted by Gasteiger charge is 2.26. The molecule has 0 unspecified atom stereocenters. The summed E-state index contributed by atoms with van der Waals surface area (Å²) in [5.74, 6) is 0.468. The number of hydrogen-bond acceptors (Lipinski definition) is 4. The summed E-state index contributed by atoms with van der Waals surface area (Å²) in [5, 5.41) is 2.89. The molecule has 6 nitrogen and oxygen atoms in total. The number of nitrogens with zero attached hydrogens (tertiary/aromatic N) is 2. The predicted octanol–water partition coefficient (Wildman–Crippen LogP) is 3.57. The molecule has 0 radical (unpaired) electrons. The number of benzene rings is 1.